The Morgan fingerprint density at radius 2 is 1.71 bits per heavy atom. The van der Waals surface area contributed by atoms with Gasteiger partial charge in [-0.25, -0.2) is 4.79 Å². The molecule has 7 heteroatoms. The van der Waals surface area contributed by atoms with Gasteiger partial charge in [-0.1, -0.05) is 48.5 Å². The average Bonchev–Trinajstić information content (AvgIpc) is 2.94. The second kappa shape index (κ2) is 9.16. The van der Waals surface area contributed by atoms with E-state index in [0.29, 0.717) is 0 Å². The lowest BCUT2D eigenvalue weighted by molar-refractivity contribution is 0.00578. The topological polar surface area (TPSA) is 77.0 Å². The van der Waals surface area contributed by atoms with E-state index in [0.717, 1.165) is 22.2 Å². The third-order valence-electron chi connectivity index (χ3n) is 5.89. The van der Waals surface area contributed by atoms with E-state index in [1.54, 1.807) is 12.1 Å². The first-order valence-electron chi connectivity index (χ1n) is 10.4. The Labute approximate surface area is 184 Å². The van der Waals surface area contributed by atoms with Crippen LogP contribution in [0.4, 0.5) is 4.79 Å². The van der Waals surface area contributed by atoms with Crippen molar-refractivity contribution >= 4 is 19.3 Å². The number of alkyl carbamates (subject to hydrolysis) is 1. The highest BCUT2D eigenvalue weighted by Crippen LogP contribution is 2.39. The van der Waals surface area contributed by atoms with Crippen molar-refractivity contribution in [1.82, 2.24) is 5.32 Å². The highest BCUT2D eigenvalue weighted by molar-refractivity contribution is 6.56. The summed E-state index contributed by atoms with van der Waals surface area (Å²) < 4.78 is 17.7. The lowest BCUT2D eigenvalue weighted by Crippen LogP contribution is -2.41. The number of amides is 1. The Morgan fingerprint density at radius 3 is 2.35 bits per heavy atom. The van der Waals surface area contributed by atoms with Gasteiger partial charge in [-0.05, 0) is 62.8 Å². The van der Waals surface area contributed by atoms with Crippen LogP contribution < -0.4 is 5.32 Å². The van der Waals surface area contributed by atoms with Crippen LogP contribution in [0.15, 0.2) is 54.0 Å². The van der Waals surface area contributed by atoms with E-state index in [9.17, 15) is 9.90 Å². The van der Waals surface area contributed by atoms with Crippen LogP contribution in [0.25, 0.3) is 6.08 Å². The second-order valence-corrected chi connectivity index (χ2v) is 8.71. The van der Waals surface area contributed by atoms with E-state index in [4.69, 9.17) is 14.0 Å². The van der Waals surface area contributed by atoms with Crippen molar-refractivity contribution in [1.29, 1.82) is 0 Å². The molecule has 0 aromatic heterocycles. The third-order valence-corrected chi connectivity index (χ3v) is 5.89. The van der Waals surface area contributed by atoms with Gasteiger partial charge in [0.05, 0.1) is 11.2 Å². The molecule has 1 aliphatic heterocycles. The Hall–Kier alpha value is -2.77. The molecule has 3 rings (SSSR count). The number of ether oxygens (including phenoxy) is 1. The summed E-state index contributed by atoms with van der Waals surface area (Å²) >= 11 is 0. The summed E-state index contributed by atoms with van der Waals surface area (Å²) in [7, 11) is -0.638. The maximum Gasteiger partial charge on any atom is 0.492 e. The van der Waals surface area contributed by atoms with Gasteiger partial charge in [0.2, 0.25) is 0 Å². The van der Waals surface area contributed by atoms with Crippen molar-refractivity contribution < 1.29 is 23.9 Å². The van der Waals surface area contributed by atoms with Crippen molar-refractivity contribution in [2.75, 3.05) is 6.54 Å². The summed E-state index contributed by atoms with van der Waals surface area (Å²) in [4.78, 5) is 12.3. The van der Waals surface area contributed by atoms with Crippen LogP contribution in [0.1, 0.15) is 44.4 Å². The Bertz CT molecular complexity index is 940. The molecule has 0 bridgehead atoms. The molecule has 1 aliphatic rings. The van der Waals surface area contributed by atoms with Gasteiger partial charge in [-0.3, -0.25) is 0 Å². The van der Waals surface area contributed by atoms with E-state index in [-0.39, 0.29) is 18.9 Å². The molecule has 2 aromatic rings. The number of phenolic OH excluding ortho intramolecular Hbond substituents is 1. The molecule has 31 heavy (non-hydrogen) atoms. The quantitative estimate of drug-likeness (QED) is 0.662. The lowest BCUT2D eigenvalue weighted by atomic mass is 9.76. The van der Waals surface area contributed by atoms with Crippen LogP contribution in [-0.4, -0.2) is 36.1 Å². The molecule has 0 aliphatic carbocycles. The van der Waals surface area contributed by atoms with Crippen LogP contribution in [0.2, 0.25) is 0 Å². The number of nitrogens with one attached hydrogen (secondary N) is 1. The van der Waals surface area contributed by atoms with Crippen molar-refractivity contribution in [3.63, 3.8) is 0 Å². The fourth-order valence-electron chi connectivity index (χ4n) is 3.14. The number of benzene rings is 2. The molecule has 0 radical (unpaired) electrons. The van der Waals surface area contributed by atoms with E-state index in [2.05, 4.69) is 5.32 Å². The van der Waals surface area contributed by atoms with Crippen molar-refractivity contribution in [3.8, 4) is 5.75 Å². The molecular weight excluding hydrogens is 393 g/mol. The molecule has 1 heterocycles. The zero-order valence-corrected chi connectivity index (χ0v) is 18.8. The van der Waals surface area contributed by atoms with Gasteiger partial charge in [0, 0.05) is 6.54 Å². The Morgan fingerprint density at radius 1 is 1.06 bits per heavy atom. The molecule has 0 atom stereocenters. The predicted molar refractivity (Wildman–Crippen MR) is 122 cm³/mol. The van der Waals surface area contributed by atoms with Crippen LogP contribution in [0.3, 0.4) is 0 Å². The van der Waals surface area contributed by atoms with Gasteiger partial charge < -0.3 is 24.5 Å². The minimum absolute atomic E-state index is 0.180. The highest BCUT2D eigenvalue weighted by atomic mass is 16.7. The maximum atomic E-state index is 12.3. The van der Waals surface area contributed by atoms with E-state index >= 15 is 0 Å². The van der Waals surface area contributed by atoms with E-state index in [1.165, 1.54) is 0 Å². The SMILES string of the molecule is Cc1c(O)cccc1C=C(CNC(=O)OCc1ccccc1)B1OC(C)(C)C(C)(C)O1. The fourth-order valence-corrected chi connectivity index (χ4v) is 3.14. The summed E-state index contributed by atoms with van der Waals surface area (Å²) in [6, 6.07) is 14.8. The number of carbonyl (C=O) groups excluding carboxylic acids is 1. The summed E-state index contributed by atoms with van der Waals surface area (Å²) in [5.74, 6) is 0.206. The zero-order chi connectivity index (χ0) is 22.6. The largest absolute Gasteiger partial charge is 0.508 e. The Kier molecular flexibility index (Phi) is 6.77. The molecule has 2 aromatic carbocycles. The lowest BCUT2D eigenvalue weighted by Gasteiger charge is -2.32. The molecule has 1 fully saturated rings. The second-order valence-electron chi connectivity index (χ2n) is 8.71. The highest BCUT2D eigenvalue weighted by Gasteiger charge is 2.52. The fraction of sp³-hybridized carbons (Fsp3) is 0.375. The van der Waals surface area contributed by atoms with Gasteiger partial charge in [0.1, 0.15) is 12.4 Å². The number of carbonyl (C=O) groups is 1. The zero-order valence-electron chi connectivity index (χ0n) is 18.8. The molecular formula is C24H30BNO5. The van der Waals surface area contributed by atoms with Crippen molar-refractivity contribution in [2.45, 2.75) is 52.4 Å². The van der Waals surface area contributed by atoms with Gasteiger partial charge >= 0.3 is 13.2 Å². The van der Waals surface area contributed by atoms with Gasteiger partial charge in [0.15, 0.2) is 0 Å². The molecule has 0 saturated carbocycles. The van der Waals surface area contributed by atoms with E-state index < -0.39 is 24.4 Å². The molecule has 1 amide bonds. The summed E-state index contributed by atoms with van der Waals surface area (Å²) in [5.41, 5.74) is 2.17. The molecule has 1 saturated heterocycles. The maximum absolute atomic E-state index is 12.3. The van der Waals surface area contributed by atoms with E-state index in [1.807, 2.05) is 77.1 Å². The first-order valence-corrected chi connectivity index (χ1v) is 10.4. The smallest absolute Gasteiger partial charge is 0.492 e. The minimum atomic E-state index is -0.638. The summed E-state index contributed by atoms with van der Waals surface area (Å²) in [6.07, 6.45) is 1.35. The monoisotopic (exact) mass is 423 g/mol. The minimum Gasteiger partial charge on any atom is -0.508 e. The van der Waals surface area contributed by atoms with Gasteiger partial charge in [-0.15, -0.1) is 0 Å². The van der Waals surface area contributed by atoms with Crippen LogP contribution in [0, 0.1) is 6.92 Å². The molecule has 164 valence electrons. The normalized spacial score (nSPS) is 17.5. The van der Waals surface area contributed by atoms with Gasteiger partial charge in [-0.2, -0.15) is 0 Å². The number of hydrogen-bond acceptors (Lipinski definition) is 5. The van der Waals surface area contributed by atoms with Crippen molar-refractivity contribution in [3.05, 3.63) is 70.7 Å². The molecule has 0 spiro atoms. The summed E-state index contributed by atoms with van der Waals surface area (Å²) in [5, 5.41) is 12.8. The number of hydrogen-bond donors (Lipinski definition) is 2. The number of phenols is 1. The van der Waals surface area contributed by atoms with Crippen LogP contribution in [-0.2, 0) is 20.7 Å². The third kappa shape index (κ3) is 5.48. The number of rotatable bonds is 6. The first-order chi connectivity index (χ1) is 14.6. The van der Waals surface area contributed by atoms with Crippen LogP contribution in [0.5, 0.6) is 5.75 Å². The molecule has 2 N–H and O–H groups in total. The van der Waals surface area contributed by atoms with Crippen molar-refractivity contribution in [2.24, 2.45) is 0 Å². The average molecular weight is 423 g/mol. The van der Waals surface area contributed by atoms with Crippen LogP contribution >= 0.6 is 0 Å². The van der Waals surface area contributed by atoms with Gasteiger partial charge in [0.25, 0.3) is 0 Å². The summed E-state index contributed by atoms with van der Waals surface area (Å²) in [6.45, 7) is 10.1. The standard InChI is InChI=1S/C24H30BNO5/c1-17-19(12-9-13-21(17)27)14-20(25-30-23(2,3)24(4,5)31-25)15-26-22(28)29-16-18-10-7-6-8-11-18/h6-14,27H,15-16H2,1-5H3,(H,26,28). The molecule has 0 unspecified atom stereocenters. The molecule has 6 nitrogen and oxygen atoms in total. The first kappa shape index (κ1) is 22.9. The number of aromatic hydroxyl groups is 1. The predicted octanol–water partition coefficient (Wildman–Crippen LogP) is 4.64. The Balaban J connectivity index is 1.75.